The van der Waals surface area contributed by atoms with Crippen molar-refractivity contribution in [2.24, 2.45) is 11.8 Å². The van der Waals surface area contributed by atoms with Crippen LogP contribution in [0.1, 0.15) is 38.1 Å². The number of hydrogen-bond donors (Lipinski definition) is 0. The summed E-state index contributed by atoms with van der Waals surface area (Å²) < 4.78 is 0. The zero-order valence-electron chi connectivity index (χ0n) is 12.6. The van der Waals surface area contributed by atoms with Gasteiger partial charge in [-0.05, 0) is 30.0 Å². The van der Waals surface area contributed by atoms with Crippen molar-refractivity contribution in [1.82, 2.24) is 4.90 Å². The van der Waals surface area contributed by atoms with Crippen molar-refractivity contribution in [2.75, 3.05) is 19.6 Å². The van der Waals surface area contributed by atoms with Crippen molar-refractivity contribution in [3.63, 3.8) is 0 Å². The number of carbonyl (C=O) groups is 1. The van der Waals surface area contributed by atoms with Crippen LogP contribution in [0, 0.1) is 11.8 Å². The molecule has 112 valence electrons. The zero-order valence-corrected chi connectivity index (χ0v) is 14.1. The van der Waals surface area contributed by atoms with Crippen LogP contribution in [0.3, 0.4) is 0 Å². The number of ketones is 1. The number of nitrogens with zero attached hydrogens (tertiary/aromatic N) is 1. The standard InChI is InChI=1S/C16H23Cl2NO/c1-11(2)8-19(9-12(3)4)10-16(20)14-7-13(17)5-6-15(14)18/h5-7,11-12H,8-10H2,1-4H3. The van der Waals surface area contributed by atoms with E-state index in [1.54, 1.807) is 18.2 Å². The summed E-state index contributed by atoms with van der Waals surface area (Å²) >= 11 is 12.0. The first-order valence-electron chi connectivity index (χ1n) is 7.00. The van der Waals surface area contributed by atoms with Gasteiger partial charge in [0.1, 0.15) is 0 Å². The molecular formula is C16H23Cl2NO. The van der Waals surface area contributed by atoms with E-state index in [9.17, 15) is 4.79 Å². The maximum atomic E-state index is 12.4. The number of rotatable bonds is 7. The first kappa shape index (κ1) is 17.5. The smallest absolute Gasteiger partial charge is 0.178 e. The molecule has 1 aromatic carbocycles. The third-order valence-electron chi connectivity index (χ3n) is 2.84. The highest BCUT2D eigenvalue weighted by atomic mass is 35.5. The van der Waals surface area contributed by atoms with E-state index in [2.05, 4.69) is 32.6 Å². The summed E-state index contributed by atoms with van der Waals surface area (Å²) in [5, 5.41) is 1.01. The molecule has 0 N–H and O–H groups in total. The molecule has 0 fully saturated rings. The number of carbonyl (C=O) groups excluding carboxylic acids is 1. The minimum atomic E-state index is 0.0267. The maximum absolute atomic E-state index is 12.4. The Morgan fingerprint density at radius 1 is 1.10 bits per heavy atom. The second kappa shape index (κ2) is 8.02. The van der Waals surface area contributed by atoms with Gasteiger partial charge in [0.25, 0.3) is 0 Å². The van der Waals surface area contributed by atoms with E-state index >= 15 is 0 Å². The summed E-state index contributed by atoms with van der Waals surface area (Å²) in [7, 11) is 0. The fraction of sp³-hybridized carbons (Fsp3) is 0.562. The first-order chi connectivity index (χ1) is 9.29. The van der Waals surface area contributed by atoms with E-state index in [1.165, 1.54) is 0 Å². The molecule has 0 atom stereocenters. The lowest BCUT2D eigenvalue weighted by Crippen LogP contribution is -2.36. The van der Waals surface area contributed by atoms with Gasteiger partial charge in [-0.2, -0.15) is 0 Å². The van der Waals surface area contributed by atoms with Crippen molar-refractivity contribution in [3.05, 3.63) is 33.8 Å². The van der Waals surface area contributed by atoms with Gasteiger partial charge in [0, 0.05) is 23.7 Å². The van der Waals surface area contributed by atoms with Crippen LogP contribution in [-0.2, 0) is 0 Å². The second-order valence-corrected chi connectivity index (χ2v) is 6.87. The predicted octanol–water partition coefficient (Wildman–Crippen LogP) is 4.79. The third-order valence-corrected chi connectivity index (χ3v) is 3.41. The second-order valence-electron chi connectivity index (χ2n) is 6.03. The fourth-order valence-corrected chi connectivity index (χ4v) is 2.63. The Morgan fingerprint density at radius 2 is 1.65 bits per heavy atom. The summed E-state index contributed by atoms with van der Waals surface area (Å²) in [4.78, 5) is 14.6. The Hall–Kier alpha value is -0.570. The molecule has 0 spiro atoms. The number of benzene rings is 1. The molecule has 0 amide bonds. The van der Waals surface area contributed by atoms with Crippen LogP contribution in [-0.4, -0.2) is 30.3 Å². The van der Waals surface area contributed by atoms with Crippen molar-refractivity contribution in [2.45, 2.75) is 27.7 Å². The summed E-state index contributed by atoms with van der Waals surface area (Å²) in [6.45, 7) is 10.8. The summed E-state index contributed by atoms with van der Waals surface area (Å²) in [6, 6.07) is 5.02. The quantitative estimate of drug-likeness (QED) is 0.674. The monoisotopic (exact) mass is 315 g/mol. The van der Waals surface area contributed by atoms with Gasteiger partial charge in [-0.25, -0.2) is 0 Å². The Kier molecular flexibility index (Phi) is 7.01. The van der Waals surface area contributed by atoms with Crippen LogP contribution in [0.4, 0.5) is 0 Å². The minimum Gasteiger partial charge on any atom is -0.295 e. The highest BCUT2D eigenvalue weighted by Crippen LogP contribution is 2.21. The number of hydrogen-bond acceptors (Lipinski definition) is 2. The van der Waals surface area contributed by atoms with Gasteiger partial charge in [0.05, 0.1) is 11.6 Å². The highest BCUT2D eigenvalue weighted by Gasteiger charge is 2.17. The topological polar surface area (TPSA) is 20.3 Å². The number of Topliss-reactive ketones (excluding diaryl/α,β-unsaturated/α-hetero) is 1. The van der Waals surface area contributed by atoms with Crippen LogP contribution in [0.5, 0.6) is 0 Å². The molecule has 0 aliphatic rings. The Bertz CT molecular complexity index is 448. The maximum Gasteiger partial charge on any atom is 0.178 e. The lowest BCUT2D eigenvalue weighted by Gasteiger charge is -2.25. The molecule has 0 bridgehead atoms. The zero-order chi connectivity index (χ0) is 15.3. The van der Waals surface area contributed by atoms with Gasteiger partial charge in [0.2, 0.25) is 0 Å². The predicted molar refractivity (Wildman–Crippen MR) is 86.9 cm³/mol. The number of halogens is 2. The minimum absolute atomic E-state index is 0.0267. The van der Waals surface area contributed by atoms with E-state index in [4.69, 9.17) is 23.2 Å². The molecule has 0 aromatic heterocycles. The van der Waals surface area contributed by atoms with Crippen LogP contribution in [0.2, 0.25) is 10.0 Å². The summed E-state index contributed by atoms with van der Waals surface area (Å²) in [6.07, 6.45) is 0. The van der Waals surface area contributed by atoms with Gasteiger partial charge in [0.15, 0.2) is 5.78 Å². The SMILES string of the molecule is CC(C)CN(CC(=O)c1cc(Cl)ccc1Cl)CC(C)C. The Labute approximate surface area is 132 Å². The van der Waals surface area contributed by atoms with Crippen molar-refractivity contribution >= 4 is 29.0 Å². The van der Waals surface area contributed by atoms with Crippen LogP contribution in [0.15, 0.2) is 18.2 Å². The van der Waals surface area contributed by atoms with Crippen molar-refractivity contribution in [3.8, 4) is 0 Å². The Balaban J connectivity index is 2.81. The molecule has 1 aromatic rings. The van der Waals surface area contributed by atoms with Gasteiger partial charge >= 0.3 is 0 Å². The normalized spacial score (nSPS) is 11.7. The Morgan fingerprint density at radius 3 is 2.15 bits per heavy atom. The molecule has 0 aliphatic carbocycles. The van der Waals surface area contributed by atoms with Crippen LogP contribution in [0.25, 0.3) is 0 Å². The molecular weight excluding hydrogens is 293 g/mol. The third kappa shape index (κ3) is 5.82. The van der Waals surface area contributed by atoms with Crippen LogP contribution >= 0.6 is 23.2 Å². The molecule has 0 unspecified atom stereocenters. The summed E-state index contributed by atoms with van der Waals surface area (Å²) in [5.41, 5.74) is 0.511. The van der Waals surface area contributed by atoms with Gasteiger partial charge in [-0.15, -0.1) is 0 Å². The largest absolute Gasteiger partial charge is 0.295 e. The van der Waals surface area contributed by atoms with Crippen LogP contribution < -0.4 is 0 Å². The fourth-order valence-electron chi connectivity index (χ4n) is 2.24. The first-order valence-corrected chi connectivity index (χ1v) is 7.75. The van der Waals surface area contributed by atoms with Crippen molar-refractivity contribution in [1.29, 1.82) is 0 Å². The van der Waals surface area contributed by atoms with Crippen molar-refractivity contribution < 1.29 is 4.79 Å². The summed E-state index contributed by atoms with van der Waals surface area (Å²) in [5.74, 6) is 1.08. The van der Waals surface area contributed by atoms with Gasteiger partial charge < -0.3 is 0 Å². The van der Waals surface area contributed by atoms with E-state index in [0.717, 1.165) is 13.1 Å². The van der Waals surface area contributed by atoms with Gasteiger partial charge in [-0.3, -0.25) is 9.69 Å². The lowest BCUT2D eigenvalue weighted by molar-refractivity contribution is 0.0912. The average Bonchev–Trinajstić information content (AvgIpc) is 2.30. The molecule has 0 saturated heterocycles. The molecule has 2 nitrogen and oxygen atoms in total. The molecule has 0 aliphatic heterocycles. The molecule has 4 heteroatoms. The highest BCUT2D eigenvalue weighted by molar-refractivity contribution is 6.36. The van der Waals surface area contributed by atoms with E-state index in [-0.39, 0.29) is 5.78 Å². The van der Waals surface area contributed by atoms with Gasteiger partial charge in [-0.1, -0.05) is 50.9 Å². The molecule has 1 rings (SSSR count). The van der Waals surface area contributed by atoms with E-state index in [1.807, 2.05) is 0 Å². The molecule has 0 heterocycles. The average molecular weight is 316 g/mol. The van der Waals surface area contributed by atoms with E-state index < -0.39 is 0 Å². The molecule has 0 radical (unpaired) electrons. The van der Waals surface area contributed by atoms with E-state index in [0.29, 0.717) is 34.0 Å². The molecule has 20 heavy (non-hydrogen) atoms. The lowest BCUT2D eigenvalue weighted by atomic mass is 10.1. The molecule has 0 saturated carbocycles.